The minimum atomic E-state index is -0.435. The number of hydrogen-bond donors (Lipinski definition) is 1. The Bertz CT molecular complexity index is 1140. The van der Waals surface area contributed by atoms with Gasteiger partial charge in [0.15, 0.2) is 17.2 Å². The fraction of sp³-hybridized carbons (Fsp3) is 0.400. The number of carbonyl (C=O) groups is 2. The maximum Gasteiger partial charge on any atom is 0.313 e. The Morgan fingerprint density at radius 3 is 2.27 bits per heavy atom. The standard InChI is InChI=1S/C25H29NO7/c1-13(2)25(29)33-24-22-15(11-21(31-5)23(24)32-6)7-9-18(26-14(3)27)17-12-19(28)20(30-4)10-8-16(17)22/h8,10-13,18H,7,9H2,1-6H3,(H,26,27)/t18-/m0/s1. The van der Waals surface area contributed by atoms with Crippen molar-refractivity contribution < 1.29 is 28.5 Å². The monoisotopic (exact) mass is 455 g/mol. The highest BCUT2D eigenvalue weighted by molar-refractivity contribution is 5.87. The molecule has 3 rings (SSSR count). The number of benzene rings is 1. The highest BCUT2D eigenvalue weighted by atomic mass is 16.6. The van der Waals surface area contributed by atoms with E-state index in [1.807, 2.05) is 6.07 Å². The minimum absolute atomic E-state index is 0.160. The summed E-state index contributed by atoms with van der Waals surface area (Å²) in [6.45, 7) is 4.91. The first-order chi connectivity index (χ1) is 15.7. The van der Waals surface area contributed by atoms with Crippen LogP contribution in [0.2, 0.25) is 0 Å². The van der Waals surface area contributed by atoms with Crippen molar-refractivity contribution in [3.8, 4) is 34.1 Å². The van der Waals surface area contributed by atoms with Crippen molar-refractivity contribution in [2.45, 2.75) is 39.7 Å². The first-order valence-corrected chi connectivity index (χ1v) is 10.7. The van der Waals surface area contributed by atoms with Gasteiger partial charge in [-0.25, -0.2) is 0 Å². The predicted octanol–water partition coefficient (Wildman–Crippen LogP) is 3.42. The van der Waals surface area contributed by atoms with Gasteiger partial charge in [-0.15, -0.1) is 0 Å². The SMILES string of the molecule is COc1cc2c(c(OC(=O)C(C)C)c1OC)-c1ccc(OC)c(=O)cc1[C@@H](NC(C)=O)CC2. The number of amides is 1. The van der Waals surface area contributed by atoms with E-state index in [2.05, 4.69) is 5.32 Å². The molecule has 0 saturated carbocycles. The third-order valence-electron chi connectivity index (χ3n) is 5.57. The Morgan fingerprint density at radius 1 is 1.00 bits per heavy atom. The van der Waals surface area contributed by atoms with Gasteiger partial charge < -0.3 is 24.3 Å². The van der Waals surface area contributed by atoms with Crippen molar-refractivity contribution in [2.24, 2.45) is 5.92 Å². The average Bonchev–Trinajstić information content (AvgIpc) is 3.01. The fourth-order valence-electron chi connectivity index (χ4n) is 3.98. The zero-order valence-corrected chi connectivity index (χ0v) is 19.7. The number of fused-ring (bicyclic) bond motifs is 3. The summed E-state index contributed by atoms with van der Waals surface area (Å²) in [4.78, 5) is 37.4. The molecule has 0 spiro atoms. The largest absolute Gasteiger partial charge is 0.493 e. The summed E-state index contributed by atoms with van der Waals surface area (Å²) in [7, 11) is 4.40. The molecule has 0 radical (unpaired) electrons. The molecule has 33 heavy (non-hydrogen) atoms. The Morgan fingerprint density at radius 2 is 1.70 bits per heavy atom. The van der Waals surface area contributed by atoms with E-state index in [1.165, 1.54) is 34.3 Å². The number of aryl methyl sites for hydroxylation is 1. The van der Waals surface area contributed by atoms with Crippen LogP contribution in [-0.2, 0) is 16.0 Å². The number of carbonyl (C=O) groups excluding carboxylic acids is 2. The lowest BCUT2D eigenvalue weighted by Gasteiger charge is -2.20. The molecule has 0 unspecified atom stereocenters. The van der Waals surface area contributed by atoms with Crippen molar-refractivity contribution >= 4 is 11.9 Å². The summed E-state index contributed by atoms with van der Waals surface area (Å²) >= 11 is 0. The van der Waals surface area contributed by atoms with E-state index >= 15 is 0 Å². The molecule has 0 heterocycles. The third-order valence-corrected chi connectivity index (χ3v) is 5.57. The molecule has 0 aromatic heterocycles. The van der Waals surface area contributed by atoms with E-state index in [0.29, 0.717) is 35.3 Å². The van der Waals surface area contributed by atoms with Crippen molar-refractivity contribution in [2.75, 3.05) is 21.3 Å². The maximum absolute atomic E-state index is 12.8. The van der Waals surface area contributed by atoms with Crippen molar-refractivity contribution in [1.82, 2.24) is 5.32 Å². The summed E-state index contributed by atoms with van der Waals surface area (Å²) in [5.41, 5.74) is 2.37. The Balaban J connectivity index is 2.43. The summed E-state index contributed by atoms with van der Waals surface area (Å²) in [6.07, 6.45) is 1.06. The zero-order valence-electron chi connectivity index (χ0n) is 19.7. The molecule has 1 aliphatic carbocycles. The number of methoxy groups -OCH3 is 3. The zero-order chi connectivity index (χ0) is 24.3. The second-order valence-electron chi connectivity index (χ2n) is 8.12. The number of ether oxygens (including phenoxy) is 4. The fourth-order valence-corrected chi connectivity index (χ4v) is 3.98. The van der Waals surface area contributed by atoms with E-state index in [4.69, 9.17) is 18.9 Å². The van der Waals surface area contributed by atoms with Gasteiger partial charge in [0.25, 0.3) is 0 Å². The Hall–Kier alpha value is -3.55. The number of hydrogen-bond acceptors (Lipinski definition) is 7. The van der Waals surface area contributed by atoms with Crippen LogP contribution in [0.4, 0.5) is 0 Å². The molecule has 2 aromatic rings. The van der Waals surface area contributed by atoms with Crippen LogP contribution in [0.3, 0.4) is 0 Å². The summed E-state index contributed by atoms with van der Waals surface area (Å²) < 4.78 is 22.2. The smallest absolute Gasteiger partial charge is 0.313 e. The van der Waals surface area contributed by atoms with Gasteiger partial charge in [0.2, 0.25) is 17.1 Å². The van der Waals surface area contributed by atoms with Crippen molar-refractivity contribution in [3.05, 3.63) is 45.6 Å². The summed E-state index contributed by atoms with van der Waals surface area (Å²) in [5, 5.41) is 2.94. The van der Waals surface area contributed by atoms with Crippen molar-refractivity contribution in [3.63, 3.8) is 0 Å². The molecule has 0 aliphatic heterocycles. The summed E-state index contributed by atoms with van der Waals surface area (Å²) in [5.74, 6) is 0.0361. The van der Waals surface area contributed by atoms with Gasteiger partial charge in [0, 0.05) is 12.5 Å². The topological polar surface area (TPSA) is 100 Å². The van der Waals surface area contributed by atoms with Crippen LogP contribution < -0.4 is 29.7 Å². The molecule has 1 aliphatic rings. The normalized spacial score (nSPS) is 14.5. The molecular formula is C25H29NO7. The number of esters is 1. The van der Waals surface area contributed by atoms with Gasteiger partial charge in [-0.1, -0.05) is 19.9 Å². The molecule has 0 saturated heterocycles. The molecule has 0 fully saturated rings. The van der Waals surface area contributed by atoms with Crippen LogP contribution in [0.25, 0.3) is 11.1 Å². The number of nitrogens with one attached hydrogen (secondary N) is 1. The lowest BCUT2D eigenvalue weighted by atomic mass is 9.95. The maximum atomic E-state index is 12.8. The van der Waals surface area contributed by atoms with Gasteiger partial charge in [-0.2, -0.15) is 0 Å². The summed E-state index contributed by atoms with van der Waals surface area (Å²) in [6, 6.07) is 6.19. The van der Waals surface area contributed by atoms with Gasteiger partial charge in [-0.3, -0.25) is 14.4 Å². The van der Waals surface area contributed by atoms with E-state index in [-0.39, 0.29) is 34.5 Å². The predicted molar refractivity (Wildman–Crippen MR) is 123 cm³/mol. The van der Waals surface area contributed by atoms with E-state index in [9.17, 15) is 14.4 Å². The Labute approximate surface area is 192 Å². The molecule has 1 atom stereocenters. The highest BCUT2D eigenvalue weighted by Crippen LogP contribution is 2.50. The molecule has 1 amide bonds. The van der Waals surface area contributed by atoms with Crippen LogP contribution in [0.15, 0.2) is 29.1 Å². The second-order valence-corrected chi connectivity index (χ2v) is 8.12. The van der Waals surface area contributed by atoms with Crippen LogP contribution >= 0.6 is 0 Å². The first-order valence-electron chi connectivity index (χ1n) is 10.7. The molecular weight excluding hydrogens is 426 g/mol. The van der Waals surface area contributed by atoms with Gasteiger partial charge in [-0.05, 0) is 47.7 Å². The third kappa shape index (κ3) is 4.79. The molecule has 8 heteroatoms. The van der Waals surface area contributed by atoms with E-state index < -0.39 is 12.0 Å². The average molecular weight is 456 g/mol. The van der Waals surface area contributed by atoms with Gasteiger partial charge in [0.1, 0.15) is 0 Å². The van der Waals surface area contributed by atoms with Crippen LogP contribution in [0.1, 0.15) is 44.4 Å². The van der Waals surface area contributed by atoms with E-state index in [1.54, 1.807) is 26.0 Å². The van der Waals surface area contributed by atoms with E-state index in [0.717, 1.165) is 5.56 Å². The van der Waals surface area contributed by atoms with Gasteiger partial charge in [0.05, 0.1) is 33.3 Å². The minimum Gasteiger partial charge on any atom is -0.493 e. The van der Waals surface area contributed by atoms with Crippen molar-refractivity contribution in [1.29, 1.82) is 0 Å². The van der Waals surface area contributed by atoms with Crippen LogP contribution in [0.5, 0.6) is 23.0 Å². The van der Waals surface area contributed by atoms with Gasteiger partial charge >= 0.3 is 5.97 Å². The second kappa shape index (κ2) is 9.94. The highest BCUT2D eigenvalue weighted by Gasteiger charge is 2.31. The molecule has 1 N–H and O–H groups in total. The van der Waals surface area contributed by atoms with Crippen LogP contribution in [-0.4, -0.2) is 33.2 Å². The quantitative estimate of drug-likeness (QED) is 0.526. The molecule has 8 nitrogen and oxygen atoms in total. The first kappa shape index (κ1) is 24.1. The lowest BCUT2D eigenvalue weighted by Crippen LogP contribution is -2.26. The molecule has 0 bridgehead atoms. The number of rotatable bonds is 6. The Kier molecular flexibility index (Phi) is 7.26. The molecule has 176 valence electrons. The lowest BCUT2D eigenvalue weighted by molar-refractivity contribution is -0.137. The molecule has 2 aromatic carbocycles. The van der Waals surface area contributed by atoms with Crippen LogP contribution in [0, 0.1) is 5.92 Å².